The summed E-state index contributed by atoms with van der Waals surface area (Å²) in [5, 5.41) is 14.2. The zero-order chi connectivity index (χ0) is 22.5. The van der Waals surface area contributed by atoms with Gasteiger partial charge in [0.1, 0.15) is 0 Å². The van der Waals surface area contributed by atoms with Crippen molar-refractivity contribution in [3.8, 4) is 11.1 Å². The molecule has 8 heteroatoms. The van der Waals surface area contributed by atoms with Crippen LogP contribution in [0.2, 0.25) is 0 Å². The Morgan fingerprint density at radius 3 is 2.42 bits per heavy atom. The number of benzene rings is 2. The molecule has 0 bridgehead atoms. The maximum Gasteiger partial charge on any atom is 0.316 e. The number of nitrogens with one attached hydrogen (secondary N) is 2. The summed E-state index contributed by atoms with van der Waals surface area (Å²) in [6.07, 6.45) is 2.17. The van der Waals surface area contributed by atoms with Gasteiger partial charge in [0, 0.05) is 19.3 Å². The minimum Gasteiger partial charge on any atom is -0.481 e. The Hall–Kier alpha value is -3.94. The van der Waals surface area contributed by atoms with E-state index in [1.165, 1.54) is 24.2 Å². The predicted octanol–water partition coefficient (Wildman–Crippen LogP) is 2.40. The summed E-state index contributed by atoms with van der Waals surface area (Å²) in [4.78, 5) is 49.1. The number of nitrogens with zero attached hydrogens (tertiary/aromatic N) is 1. The molecule has 0 spiro atoms. The third-order valence-corrected chi connectivity index (χ3v) is 5.07. The normalized spacial score (nSPS) is 16.7. The molecule has 2 unspecified atom stereocenters. The SMILES string of the molecule is Cc1ccccc1-c1ccc(C(CC(=O)O)NC(=O)NC2C(=O)C=CN(C)C2=O)cc1. The molecule has 0 saturated carbocycles. The molecule has 2 atom stereocenters. The third-order valence-electron chi connectivity index (χ3n) is 5.07. The van der Waals surface area contributed by atoms with Crippen LogP contribution in [0.5, 0.6) is 0 Å². The lowest BCUT2D eigenvalue weighted by Gasteiger charge is -2.25. The number of likely N-dealkylation sites (N-methyl/N-ethyl adjacent to an activating group) is 1. The number of ketones is 1. The summed E-state index contributed by atoms with van der Waals surface area (Å²) in [6, 6.07) is 12.1. The Morgan fingerprint density at radius 1 is 1.10 bits per heavy atom. The summed E-state index contributed by atoms with van der Waals surface area (Å²) in [6.45, 7) is 2.00. The fraction of sp³-hybridized carbons (Fsp3) is 0.217. The Bertz CT molecular complexity index is 1050. The summed E-state index contributed by atoms with van der Waals surface area (Å²) in [5.41, 5.74) is 3.72. The largest absolute Gasteiger partial charge is 0.481 e. The molecular weight excluding hydrogens is 398 g/mol. The van der Waals surface area contributed by atoms with Crippen molar-refractivity contribution in [2.24, 2.45) is 0 Å². The number of aryl methyl sites for hydroxylation is 1. The van der Waals surface area contributed by atoms with E-state index in [1.54, 1.807) is 12.1 Å². The molecule has 2 aromatic rings. The average Bonchev–Trinajstić information content (AvgIpc) is 2.74. The zero-order valence-electron chi connectivity index (χ0n) is 17.2. The van der Waals surface area contributed by atoms with E-state index in [1.807, 2.05) is 43.3 Å². The lowest BCUT2D eigenvalue weighted by Crippen LogP contribution is -2.55. The van der Waals surface area contributed by atoms with Crippen LogP contribution in [0.25, 0.3) is 11.1 Å². The molecule has 3 rings (SSSR count). The number of carbonyl (C=O) groups excluding carboxylic acids is 3. The molecule has 0 radical (unpaired) electrons. The van der Waals surface area contributed by atoms with Crippen molar-refractivity contribution in [2.45, 2.75) is 25.4 Å². The zero-order valence-corrected chi connectivity index (χ0v) is 17.2. The standard InChI is InChI=1S/C23H23N3O5/c1-14-5-3-4-6-17(14)15-7-9-16(10-8-15)18(13-20(28)29)24-23(31)25-21-19(27)11-12-26(2)22(21)30/h3-12,18,21H,13H2,1-2H3,(H,28,29)(H2,24,25,31). The van der Waals surface area contributed by atoms with Gasteiger partial charge in [-0.05, 0) is 29.2 Å². The number of carboxylic acid groups (broad SMARTS) is 1. The number of hydrogen-bond donors (Lipinski definition) is 3. The fourth-order valence-electron chi connectivity index (χ4n) is 3.36. The topological polar surface area (TPSA) is 116 Å². The second-order valence-electron chi connectivity index (χ2n) is 7.31. The molecule has 0 saturated heterocycles. The quantitative estimate of drug-likeness (QED) is 0.620. The molecular formula is C23H23N3O5. The van der Waals surface area contributed by atoms with E-state index in [9.17, 15) is 24.3 Å². The van der Waals surface area contributed by atoms with E-state index in [0.29, 0.717) is 5.56 Å². The van der Waals surface area contributed by atoms with Gasteiger partial charge in [-0.15, -0.1) is 0 Å². The molecule has 160 valence electrons. The lowest BCUT2D eigenvalue weighted by molar-refractivity contribution is -0.138. The first-order valence-electron chi connectivity index (χ1n) is 9.70. The molecule has 0 aromatic heterocycles. The molecule has 0 fully saturated rings. The van der Waals surface area contributed by atoms with Gasteiger partial charge in [-0.1, -0.05) is 48.5 Å². The van der Waals surface area contributed by atoms with Crippen molar-refractivity contribution >= 4 is 23.7 Å². The summed E-state index contributed by atoms with van der Waals surface area (Å²) < 4.78 is 0. The van der Waals surface area contributed by atoms with Gasteiger partial charge < -0.3 is 20.6 Å². The van der Waals surface area contributed by atoms with Crippen molar-refractivity contribution in [3.05, 3.63) is 71.9 Å². The summed E-state index contributed by atoms with van der Waals surface area (Å²) >= 11 is 0. The van der Waals surface area contributed by atoms with E-state index in [0.717, 1.165) is 16.7 Å². The fourth-order valence-corrected chi connectivity index (χ4v) is 3.36. The van der Waals surface area contributed by atoms with E-state index >= 15 is 0 Å². The highest BCUT2D eigenvalue weighted by Gasteiger charge is 2.32. The Balaban J connectivity index is 1.76. The highest BCUT2D eigenvalue weighted by molar-refractivity contribution is 6.14. The molecule has 3 amide bonds. The number of carbonyl (C=O) groups is 4. The van der Waals surface area contributed by atoms with Crippen LogP contribution in [0.4, 0.5) is 4.79 Å². The maximum atomic E-state index is 12.4. The number of amides is 3. The molecule has 2 aromatic carbocycles. The van der Waals surface area contributed by atoms with Gasteiger partial charge in [0.05, 0.1) is 12.5 Å². The van der Waals surface area contributed by atoms with Crippen LogP contribution >= 0.6 is 0 Å². The minimum absolute atomic E-state index is 0.358. The monoisotopic (exact) mass is 421 g/mol. The molecule has 31 heavy (non-hydrogen) atoms. The lowest BCUT2D eigenvalue weighted by atomic mass is 9.97. The summed E-state index contributed by atoms with van der Waals surface area (Å²) in [5.74, 6) is -2.21. The number of hydrogen-bond acceptors (Lipinski definition) is 4. The summed E-state index contributed by atoms with van der Waals surface area (Å²) in [7, 11) is 1.47. The van der Waals surface area contributed by atoms with E-state index in [-0.39, 0.29) is 6.42 Å². The number of rotatable bonds is 6. The van der Waals surface area contributed by atoms with Crippen molar-refractivity contribution in [3.63, 3.8) is 0 Å². The average molecular weight is 421 g/mol. The van der Waals surface area contributed by atoms with Crippen LogP contribution in [-0.2, 0) is 14.4 Å². The van der Waals surface area contributed by atoms with Crippen molar-refractivity contribution in [1.29, 1.82) is 0 Å². The second-order valence-corrected chi connectivity index (χ2v) is 7.31. The Kier molecular flexibility index (Phi) is 6.49. The highest BCUT2D eigenvalue weighted by Crippen LogP contribution is 2.26. The van der Waals surface area contributed by atoms with Crippen molar-refractivity contribution in [2.75, 3.05) is 7.05 Å². The maximum absolute atomic E-state index is 12.4. The second kappa shape index (κ2) is 9.25. The molecule has 8 nitrogen and oxygen atoms in total. The van der Waals surface area contributed by atoms with Crippen LogP contribution < -0.4 is 10.6 Å². The van der Waals surface area contributed by atoms with E-state index < -0.39 is 35.8 Å². The van der Waals surface area contributed by atoms with E-state index in [2.05, 4.69) is 10.6 Å². The molecule has 1 heterocycles. The van der Waals surface area contributed by atoms with Gasteiger partial charge in [-0.25, -0.2) is 4.79 Å². The molecule has 1 aliphatic rings. The van der Waals surface area contributed by atoms with Crippen LogP contribution in [0.1, 0.15) is 23.6 Å². The van der Waals surface area contributed by atoms with Gasteiger partial charge in [-0.2, -0.15) is 0 Å². The minimum atomic E-state index is -1.34. The van der Waals surface area contributed by atoms with Gasteiger partial charge >= 0.3 is 12.0 Å². The molecule has 0 aliphatic carbocycles. The van der Waals surface area contributed by atoms with Crippen molar-refractivity contribution in [1.82, 2.24) is 15.5 Å². The third kappa shape index (κ3) is 5.16. The van der Waals surface area contributed by atoms with Gasteiger partial charge in [0.25, 0.3) is 5.91 Å². The molecule has 3 N–H and O–H groups in total. The number of carboxylic acids is 1. The van der Waals surface area contributed by atoms with Crippen LogP contribution in [0.15, 0.2) is 60.8 Å². The van der Waals surface area contributed by atoms with Gasteiger partial charge in [0.15, 0.2) is 11.8 Å². The predicted molar refractivity (Wildman–Crippen MR) is 114 cm³/mol. The van der Waals surface area contributed by atoms with Crippen molar-refractivity contribution < 1.29 is 24.3 Å². The number of urea groups is 1. The Morgan fingerprint density at radius 2 is 1.77 bits per heavy atom. The van der Waals surface area contributed by atoms with E-state index in [4.69, 9.17) is 0 Å². The highest BCUT2D eigenvalue weighted by atomic mass is 16.4. The molecule has 1 aliphatic heterocycles. The first-order valence-corrected chi connectivity index (χ1v) is 9.70. The Labute approximate surface area is 179 Å². The smallest absolute Gasteiger partial charge is 0.316 e. The number of aliphatic carboxylic acids is 1. The van der Waals surface area contributed by atoms with Crippen LogP contribution in [-0.4, -0.2) is 46.8 Å². The van der Waals surface area contributed by atoms with Crippen LogP contribution in [0.3, 0.4) is 0 Å². The van der Waals surface area contributed by atoms with Crippen LogP contribution in [0, 0.1) is 6.92 Å². The van der Waals surface area contributed by atoms with Gasteiger partial charge in [-0.3, -0.25) is 14.4 Å². The van der Waals surface area contributed by atoms with Gasteiger partial charge in [0.2, 0.25) is 0 Å². The first-order chi connectivity index (χ1) is 14.8. The first kappa shape index (κ1) is 21.8.